The van der Waals surface area contributed by atoms with E-state index in [4.69, 9.17) is 14.2 Å². The highest BCUT2D eigenvalue weighted by Crippen LogP contribution is 2.69. The molecule has 4 atom stereocenters. The Morgan fingerprint density at radius 2 is 2.04 bits per heavy atom. The van der Waals surface area contributed by atoms with Crippen molar-refractivity contribution < 1.29 is 23.8 Å². The Morgan fingerprint density at radius 3 is 2.72 bits per heavy atom. The summed E-state index contributed by atoms with van der Waals surface area (Å²) in [5.41, 5.74) is 1.08. The van der Waals surface area contributed by atoms with Crippen LogP contribution >= 0.6 is 0 Å². The molecule has 25 heavy (non-hydrogen) atoms. The second-order valence-corrected chi connectivity index (χ2v) is 7.53. The van der Waals surface area contributed by atoms with Gasteiger partial charge in [-0.1, -0.05) is 6.08 Å². The summed E-state index contributed by atoms with van der Waals surface area (Å²) in [6, 6.07) is 0. The number of rotatable bonds is 3. The highest BCUT2D eigenvalue weighted by atomic mass is 16.5. The summed E-state index contributed by atoms with van der Waals surface area (Å²) in [5.74, 6) is -0.429. The van der Waals surface area contributed by atoms with E-state index in [1.54, 1.807) is 13.2 Å². The van der Waals surface area contributed by atoms with E-state index in [1.165, 1.54) is 19.8 Å². The normalized spacial score (nSPS) is 40.6. The van der Waals surface area contributed by atoms with E-state index < -0.39 is 16.9 Å². The molecule has 2 aliphatic carbocycles. The van der Waals surface area contributed by atoms with Crippen LogP contribution in [-0.4, -0.2) is 62.9 Å². The summed E-state index contributed by atoms with van der Waals surface area (Å²) < 4.78 is 15.7. The van der Waals surface area contributed by atoms with Gasteiger partial charge in [0.25, 0.3) is 0 Å². The molecule has 2 aliphatic heterocycles. The highest BCUT2D eigenvalue weighted by Gasteiger charge is 2.73. The number of carbonyl (C=O) groups is 2. The Kier molecular flexibility index (Phi) is 3.81. The molecule has 4 rings (SSSR count). The number of ether oxygens (including phenoxy) is 3. The number of carbonyl (C=O) groups excluding carboxylic acids is 2. The van der Waals surface area contributed by atoms with Crippen LogP contribution in [0.25, 0.3) is 0 Å². The predicted octanol–water partition coefficient (Wildman–Crippen LogP) is 1.46. The minimum atomic E-state index is -0.682. The molecule has 0 unspecified atom stereocenters. The molecule has 1 spiro atoms. The summed E-state index contributed by atoms with van der Waals surface area (Å²) in [6.07, 6.45) is 7.24. The molecule has 0 aromatic heterocycles. The Bertz CT molecular complexity index is 683. The van der Waals surface area contributed by atoms with E-state index >= 15 is 0 Å². The highest BCUT2D eigenvalue weighted by molar-refractivity contribution is 5.91. The van der Waals surface area contributed by atoms with Crippen molar-refractivity contribution in [2.24, 2.45) is 11.3 Å². The molecule has 0 radical (unpaired) electrons. The predicted molar refractivity (Wildman–Crippen MR) is 89.7 cm³/mol. The van der Waals surface area contributed by atoms with Crippen molar-refractivity contribution in [3.63, 3.8) is 0 Å². The number of hydrogen-bond acceptors (Lipinski definition) is 6. The molecule has 0 aromatic carbocycles. The molecule has 3 fully saturated rings. The van der Waals surface area contributed by atoms with Crippen LogP contribution in [0.5, 0.6) is 0 Å². The molecule has 1 saturated carbocycles. The molecule has 0 N–H and O–H groups in total. The number of nitrogens with zero attached hydrogens (tertiary/aromatic N) is 1. The maximum Gasteiger partial charge on any atom is 0.330 e. The monoisotopic (exact) mass is 347 g/mol. The first-order valence-electron chi connectivity index (χ1n) is 8.89. The Balaban J connectivity index is 1.89. The van der Waals surface area contributed by atoms with Crippen LogP contribution in [0.4, 0.5) is 0 Å². The van der Waals surface area contributed by atoms with Crippen LogP contribution in [0.3, 0.4) is 0 Å². The van der Waals surface area contributed by atoms with Crippen molar-refractivity contribution in [1.82, 2.24) is 4.90 Å². The lowest BCUT2D eigenvalue weighted by molar-refractivity contribution is -0.147. The summed E-state index contributed by atoms with van der Waals surface area (Å²) in [5, 5.41) is 0. The maximum absolute atomic E-state index is 12.7. The molecule has 0 bridgehead atoms. The zero-order valence-corrected chi connectivity index (χ0v) is 15.0. The van der Waals surface area contributed by atoms with Gasteiger partial charge in [0.15, 0.2) is 0 Å². The minimum Gasteiger partial charge on any atom is -0.468 e. The van der Waals surface area contributed by atoms with Gasteiger partial charge in [-0.05, 0) is 36.3 Å². The van der Waals surface area contributed by atoms with E-state index in [0.717, 1.165) is 44.3 Å². The zero-order chi connectivity index (χ0) is 17.8. The SMILES string of the molecule is COC(=O)/C=C1\[C@@]2(C(=O)OC)C[C@H]2CN2CCC3=CC[C@H](OC)C[C@]312. The molecular weight excluding hydrogens is 322 g/mol. The van der Waals surface area contributed by atoms with Crippen LogP contribution in [0.1, 0.15) is 25.7 Å². The first-order valence-corrected chi connectivity index (χ1v) is 8.89. The third-order valence-corrected chi connectivity index (χ3v) is 6.69. The van der Waals surface area contributed by atoms with Gasteiger partial charge in [-0.25, -0.2) is 4.79 Å². The van der Waals surface area contributed by atoms with Gasteiger partial charge in [-0.2, -0.15) is 0 Å². The Hall–Kier alpha value is -1.66. The quantitative estimate of drug-likeness (QED) is 0.437. The van der Waals surface area contributed by atoms with Crippen LogP contribution in [0.15, 0.2) is 23.3 Å². The van der Waals surface area contributed by atoms with Gasteiger partial charge in [0.05, 0.1) is 31.3 Å². The van der Waals surface area contributed by atoms with E-state index in [1.807, 2.05) is 0 Å². The fraction of sp³-hybridized carbons (Fsp3) is 0.684. The largest absolute Gasteiger partial charge is 0.468 e. The number of hydrogen-bond donors (Lipinski definition) is 0. The molecule has 6 nitrogen and oxygen atoms in total. The lowest BCUT2D eigenvalue weighted by Gasteiger charge is -2.50. The number of piperidine rings is 1. The van der Waals surface area contributed by atoms with Gasteiger partial charge >= 0.3 is 11.9 Å². The first kappa shape index (κ1) is 16.8. The van der Waals surface area contributed by atoms with Gasteiger partial charge in [0.1, 0.15) is 0 Å². The second-order valence-electron chi connectivity index (χ2n) is 7.53. The van der Waals surface area contributed by atoms with E-state index in [0.29, 0.717) is 0 Å². The molecule has 2 saturated heterocycles. The topological polar surface area (TPSA) is 65.1 Å². The Morgan fingerprint density at radius 1 is 1.24 bits per heavy atom. The van der Waals surface area contributed by atoms with Crippen molar-refractivity contribution >= 4 is 11.9 Å². The van der Waals surface area contributed by atoms with Crippen LogP contribution in [0, 0.1) is 11.3 Å². The molecule has 2 heterocycles. The fourth-order valence-corrected chi connectivity index (χ4v) is 5.44. The lowest BCUT2D eigenvalue weighted by Crippen LogP contribution is -2.57. The van der Waals surface area contributed by atoms with E-state index in [2.05, 4.69) is 11.0 Å². The van der Waals surface area contributed by atoms with Crippen LogP contribution in [0.2, 0.25) is 0 Å². The summed E-state index contributed by atoms with van der Waals surface area (Å²) in [7, 11) is 4.52. The van der Waals surface area contributed by atoms with E-state index in [9.17, 15) is 9.59 Å². The molecule has 0 amide bonds. The van der Waals surface area contributed by atoms with E-state index in [-0.39, 0.29) is 18.0 Å². The number of esters is 2. The molecule has 6 heteroatoms. The fourth-order valence-electron chi connectivity index (χ4n) is 5.44. The third-order valence-electron chi connectivity index (χ3n) is 6.69. The van der Waals surface area contributed by atoms with Gasteiger partial charge < -0.3 is 14.2 Å². The summed E-state index contributed by atoms with van der Waals surface area (Å²) >= 11 is 0. The number of fused-ring (bicyclic) bond motifs is 1. The second kappa shape index (κ2) is 5.68. The molecule has 0 aromatic rings. The van der Waals surface area contributed by atoms with Gasteiger partial charge in [-0.3, -0.25) is 9.69 Å². The van der Waals surface area contributed by atoms with Crippen LogP contribution < -0.4 is 0 Å². The number of methoxy groups -OCH3 is 3. The molecular formula is C19H25NO5. The first-order chi connectivity index (χ1) is 12.0. The van der Waals surface area contributed by atoms with Crippen LogP contribution in [-0.2, 0) is 23.8 Å². The molecule has 136 valence electrons. The van der Waals surface area contributed by atoms with Crippen molar-refractivity contribution in [3.05, 3.63) is 23.3 Å². The average Bonchev–Trinajstić information content (AvgIpc) is 3.26. The van der Waals surface area contributed by atoms with Crippen molar-refractivity contribution in [2.45, 2.75) is 37.3 Å². The van der Waals surface area contributed by atoms with Crippen molar-refractivity contribution in [3.8, 4) is 0 Å². The van der Waals surface area contributed by atoms with Crippen molar-refractivity contribution in [1.29, 1.82) is 0 Å². The Labute approximate surface area is 147 Å². The van der Waals surface area contributed by atoms with Gasteiger partial charge in [-0.15, -0.1) is 0 Å². The van der Waals surface area contributed by atoms with Gasteiger partial charge in [0, 0.05) is 32.7 Å². The third kappa shape index (κ3) is 2.10. The summed E-state index contributed by atoms with van der Waals surface area (Å²) in [4.78, 5) is 27.4. The average molecular weight is 347 g/mol. The lowest BCUT2D eigenvalue weighted by atomic mass is 9.66. The molecule has 4 aliphatic rings. The minimum absolute atomic E-state index is 0.0791. The zero-order valence-electron chi connectivity index (χ0n) is 15.0. The maximum atomic E-state index is 12.7. The van der Waals surface area contributed by atoms with Crippen molar-refractivity contribution in [2.75, 3.05) is 34.4 Å². The van der Waals surface area contributed by atoms with Gasteiger partial charge in [0.2, 0.25) is 0 Å². The smallest absolute Gasteiger partial charge is 0.330 e. The standard InChI is InChI=1S/C19H25NO5/c1-23-14-5-4-12-6-7-20-11-13-9-18(13,17(22)25-3)15(8-16(21)24-2)19(12,20)10-14/h4,8,13-14H,5-7,9-11H2,1-3H3/b15-8+/t13-,14-,18+,19-/m0/s1. The summed E-state index contributed by atoms with van der Waals surface area (Å²) in [6.45, 7) is 1.82.